The highest BCUT2D eigenvalue weighted by atomic mass is 32.2. The number of nitro benzene ring substituents is 1. The predicted octanol–water partition coefficient (Wildman–Crippen LogP) is 3.65. The minimum atomic E-state index is -3.52. The van der Waals surface area contributed by atoms with Crippen molar-refractivity contribution in [3.8, 4) is 11.5 Å². The molecule has 1 atom stereocenters. The SMILES string of the molecule is CCOc1cc([C@H](Cc2c(F)cc(F)cc2[N+](=O)[O-])CS(C)(=O)=O)ccc1OC. The van der Waals surface area contributed by atoms with Crippen LogP contribution in [0.5, 0.6) is 11.5 Å². The Morgan fingerprint density at radius 3 is 2.41 bits per heavy atom. The Hall–Kier alpha value is -2.75. The van der Waals surface area contributed by atoms with Crippen molar-refractivity contribution in [2.24, 2.45) is 0 Å². The fourth-order valence-electron chi connectivity index (χ4n) is 3.06. The zero-order valence-electron chi connectivity index (χ0n) is 16.1. The fourth-order valence-corrected chi connectivity index (χ4v) is 4.10. The summed E-state index contributed by atoms with van der Waals surface area (Å²) >= 11 is 0. The quantitative estimate of drug-likeness (QED) is 0.446. The molecule has 7 nitrogen and oxygen atoms in total. The van der Waals surface area contributed by atoms with E-state index in [-0.39, 0.29) is 12.0 Å². The number of benzene rings is 2. The normalized spacial score (nSPS) is 12.4. The van der Waals surface area contributed by atoms with Crippen molar-refractivity contribution in [1.82, 2.24) is 0 Å². The van der Waals surface area contributed by atoms with E-state index in [1.807, 2.05) is 0 Å². The second-order valence-corrected chi connectivity index (χ2v) is 8.66. The first kappa shape index (κ1) is 22.5. The van der Waals surface area contributed by atoms with Gasteiger partial charge in [0.1, 0.15) is 21.5 Å². The largest absolute Gasteiger partial charge is 0.493 e. The van der Waals surface area contributed by atoms with Crippen molar-refractivity contribution in [3.05, 3.63) is 63.2 Å². The van der Waals surface area contributed by atoms with Gasteiger partial charge in [0.15, 0.2) is 11.5 Å². The van der Waals surface area contributed by atoms with E-state index < -0.39 is 43.8 Å². The molecule has 0 aliphatic rings. The van der Waals surface area contributed by atoms with Crippen LogP contribution in [0.25, 0.3) is 0 Å². The summed E-state index contributed by atoms with van der Waals surface area (Å²) in [4.78, 5) is 10.4. The molecule has 0 unspecified atom stereocenters. The number of hydrogen-bond donors (Lipinski definition) is 0. The standard InChI is InChI=1S/C19H21F2NO6S/c1-4-28-19-8-12(5-6-18(19)27-2)13(11-29(3,25)26)7-15-16(21)9-14(20)10-17(15)22(23)24/h5-6,8-10,13H,4,7,11H2,1-3H3/t13-/m1/s1. The predicted molar refractivity (Wildman–Crippen MR) is 103 cm³/mol. The summed E-state index contributed by atoms with van der Waals surface area (Å²) in [6, 6.07) is 5.88. The Bertz CT molecular complexity index is 1010. The zero-order chi connectivity index (χ0) is 21.8. The Balaban J connectivity index is 2.57. The van der Waals surface area contributed by atoms with E-state index >= 15 is 0 Å². The van der Waals surface area contributed by atoms with Crippen molar-refractivity contribution < 1.29 is 31.6 Å². The molecule has 0 amide bonds. The number of rotatable bonds is 9. The molecule has 158 valence electrons. The molecule has 2 aromatic carbocycles. The average Bonchev–Trinajstić information content (AvgIpc) is 2.61. The topological polar surface area (TPSA) is 95.7 Å². The number of halogens is 2. The molecule has 0 aliphatic heterocycles. The number of nitro groups is 1. The van der Waals surface area contributed by atoms with E-state index in [4.69, 9.17) is 9.47 Å². The van der Waals surface area contributed by atoms with Gasteiger partial charge < -0.3 is 9.47 Å². The van der Waals surface area contributed by atoms with E-state index in [0.29, 0.717) is 35.8 Å². The van der Waals surface area contributed by atoms with Crippen LogP contribution < -0.4 is 9.47 Å². The second kappa shape index (κ2) is 9.17. The summed E-state index contributed by atoms with van der Waals surface area (Å²) in [6.45, 7) is 2.09. The van der Waals surface area contributed by atoms with Crippen molar-refractivity contribution in [2.45, 2.75) is 19.3 Å². The molecule has 0 heterocycles. The Kier molecular flexibility index (Phi) is 7.12. The zero-order valence-corrected chi connectivity index (χ0v) is 17.0. The van der Waals surface area contributed by atoms with Crippen molar-refractivity contribution in [2.75, 3.05) is 25.7 Å². The maximum absolute atomic E-state index is 14.4. The molecule has 29 heavy (non-hydrogen) atoms. The van der Waals surface area contributed by atoms with E-state index in [9.17, 15) is 27.3 Å². The summed E-state index contributed by atoms with van der Waals surface area (Å²) in [5, 5.41) is 11.3. The molecule has 0 aliphatic carbocycles. The smallest absolute Gasteiger partial charge is 0.278 e. The maximum atomic E-state index is 14.4. The van der Waals surface area contributed by atoms with Crippen LogP contribution in [0, 0.1) is 21.7 Å². The molecule has 0 radical (unpaired) electrons. The average molecular weight is 429 g/mol. The van der Waals surface area contributed by atoms with Crippen LogP contribution in [0.3, 0.4) is 0 Å². The third-order valence-electron chi connectivity index (χ3n) is 4.25. The van der Waals surface area contributed by atoms with Crippen LogP contribution in [0.15, 0.2) is 30.3 Å². The lowest BCUT2D eigenvalue weighted by Gasteiger charge is -2.19. The monoisotopic (exact) mass is 429 g/mol. The Morgan fingerprint density at radius 1 is 1.17 bits per heavy atom. The van der Waals surface area contributed by atoms with E-state index in [0.717, 1.165) is 6.26 Å². The van der Waals surface area contributed by atoms with Crippen molar-refractivity contribution in [1.29, 1.82) is 0 Å². The fraction of sp³-hybridized carbons (Fsp3) is 0.368. The first-order valence-corrected chi connectivity index (χ1v) is 10.7. The highest BCUT2D eigenvalue weighted by Gasteiger charge is 2.27. The number of ether oxygens (including phenoxy) is 2. The maximum Gasteiger partial charge on any atom is 0.278 e. The summed E-state index contributed by atoms with van der Waals surface area (Å²) in [5.41, 5.74) is -0.629. The number of sulfone groups is 1. The van der Waals surface area contributed by atoms with Crippen LogP contribution >= 0.6 is 0 Å². The van der Waals surface area contributed by atoms with Crippen molar-refractivity contribution in [3.63, 3.8) is 0 Å². The summed E-state index contributed by atoms with van der Waals surface area (Å²) in [6.07, 6.45) is 0.704. The summed E-state index contributed by atoms with van der Waals surface area (Å²) in [5.74, 6) is -2.62. The second-order valence-electron chi connectivity index (χ2n) is 6.48. The van der Waals surface area contributed by atoms with Crippen LogP contribution in [0.1, 0.15) is 24.0 Å². The van der Waals surface area contributed by atoms with Gasteiger partial charge in [0.2, 0.25) is 0 Å². The van der Waals surface area contributed by atoms with Gasteiger partial charge in [0.25, 0.3) is 5.69 Å². The van der Waals surface area contributed by atoms with Crippen molar-refractivity contribution >= 4 is 15.5 Å². The molecule has 2 aromatic rings. The van der Waals surface area contributed by atoms with Gasteiger partial charge in [-0.15, -0.1) is 0 Å². The molecule has 0 N–H and O–H groups in total. The first-order chi connectivity index (χ1) is 13.6. The molecule has 0 bridgehead atoms. The third kappa shape index (κ3) is 5.86. The molecule has 0 saturated heterocycles. The van der Waals surface area contributed by atoms with Gasteiger partial charge >= 0.3 is 0 Å². The number of hydrogen-bond acceptors (Lipinski definition) is 6. The molecule has 2 rings (SSSR count). The van der Waals surface area contributed by atoms with Gasteiger partial charge in [-0.1, -0.05) is 6.07 Å². The highest BCUT2D eigenvalue weighted by molar-refractivity contribution is 7.90. The molecule has 0 fully saturated rings. The van der Waals surface area contributed by atoms with E-state index in [1.165, 1.54) is 7.11 Å². The molecule has 0 spiro atoms. The van der Waals surface area contributed by atoms with Crippen LogP contribution in [0.4, 0.5) is 14.5 Å². The van der Waals surface area contributed by atoms with Gasteiger partial charge in [0, 0.05) is 18.2 Å². The lowest BCUT2D eigenvalue weighted by molar-refractivity contribution is -0.386. The number of methoxy groups -OCH3 is 1. The Labute approximate surface area is 167 Å². The van der Waals surface area contributed by atoms with Gasteiger partial charge in [-0.25, -0.2) is 17.2 Å². The van der Waals surface area contributed by atoms with Gasteiger partial charge in [-0.05, 0) is 31.0 Å². The van der Waals surface area contributed by atoms with Crippen LogP contribution in [0.2, 0.25) is 0 Å². The van der Waals surface area contributed by atoms with E-state index in [1.54, 1.807) is 25.1 Å². The lowest BCUT2D eigenvalue weighted by atomic mass is 9.92. The minimum absolute atomic E-state index is 0.312. The van der Waals surface area contributed by atoms with E-state index in [2.05, 4.69) is 0 Å². The molecule has 10 heteroatoms. The third-order valence-corrected chi connectivity index (χ3v) is 5.25. The highest BCUT2D eigenvalue weighted by Crippen LogP contribution is 2.35. The lowest BCUT2D eigenvalue weighted by Crippen LogP contribution is -2.17. The molecule has 0 saturated carbocycles. The van der Waals surface area contributed by atoms with Crippen LogP contribution in [-0.4, -0.2) is 39.1 Å². The molecular weight excluding hydrogens is 408 g/mol. The van der Waals surface area contributed by atoms with Gasteiger partial charge in [0.05, 0.1) is 36.0 Å². The van der Waals surface area contributed by atoms with Gasteiger partial charge in [-0.2, -0.15) is 0 Å². The number of nitrogens with zero attached hydrogens (tertiary/aromatic N) is 1. The summed E-state index contributed by atoms with van der Waals surface area (Å²) in [7, 11) is -2.08. The minimum Gasteiger partial charge on any atom is -0.493 e. The van der Waals surface area contributed by atoms with Crippen LogP contribution in [-0.2, 0) is 16.3 Å². The molecule has 0 aromatic heterocycles. The molecular formula is C19H21F2NO6S. The first-order valence-electron chi connectivity index (χ1n) is 8.66. The Morgan fingerprint density at radius 2 is 1.86 bits per heavy atom. The summed E-state index contributed by atoms with van der Waals surface area (Å²) < 4.78 is 62.4. The van der Waals surface area contributed by atoms with Gasteiger partial charge in [-0.3, -0.25) is 10.1 Å².